The van der Waals surface area contributed by atoms with Crippen LogP contribution in [0.3, 0.4) is 0 Å². The molecule has 1 radical (unpaired) electrons. The van der Waals surface area contributed by atoms with Crippen LogP contribution in [0.2, 0.25) is 0 Å². The number of rotatable bonds is 1. The molecule has 2 aromatic carbocycles. The summed E-state index contributed by atoms with van der Waals surface area (Å²) in [6.07, 6.45) is 0. The molecule has 0 unspecified atom stereocenters. The first-order valence-corrected chi connectivity index (χ1v) is 4.95. The molecule has 1 heteroatoms. The lowest BCUT2D eigenvalue weighted by Crippen LogP contribution is -1.86. The van der Waals surface area contributed by atoms with E-state index in [1.54, 1.807) is 12.1 Å². The van der Waals surface area contributed by atoms with Gasteiger partial charge < -0.3 is 5.11 Å². The second kappa shape index (κ2) is 3.77. The van der Waals surface area contributed by atoms with Crippen molar-refractivity contribution in [2.24, 2.45) is 0 Å². The van der Waals surface area contributed by atoms with Crippen LogP contribution in [0.1, 0.15) is 11.1 Å². The van der Waals surface area contributed by atoms with Crippen LogP contribution in [0.5, 0.6) is 5.75 Å². The smallest absolute Gasteiger partial charge is 0.116 e. The molecule has 0 saturated heterocycles. The molecule has 0 saturated carbocycles. The fraction of sp³-hybridized carbons (Fsp3) is 0.143. The van der Waals surface area contributed by atoms with E-state index in [4.69, 9.17) is 0 Å². The van der Waals surface area contributed by atoms with Crippen molar-refractivity contribution in [1.82, 2.24) is 0 Å². The number of aryl methyl sites for hydroxylation is 1. The van der Waals surface area contributed by atoms with Gasteiger partial charge in [0.05, 0.1) is 0 Å². The molecule has 75 valence electrons. The Labute approximate surface area is 90.0 Å². The van der Waals surface area contributed by atoms with E-state index < -0.39 is 0 Å². The van der Waals surface area contributed by atoms with Crippen LogP contribution in [0.15, 0.2) is 36.4 Å². The Morgan fingerprint density at radius 3 is 2.67 bits per heavy atom. The highest BCUT2D eigenvalue weighted by molar-refractivity contribution is 5.69. The molecule has 0 atom stereocenters. The van der Waals surface area contributed by atoms with Crippen LogP contribution < -0.4 is 0 Å². The lowest BCUT2D eigenvalue weighted by Gasteiger charge is -2.08. The van der Waals surface area contributed by atoms with Gasteiger partial charge in [-0.25, -0.2) is 0 Å². The first-order chi connectivity index (χ1) is 7.18. The van der Waals surface area contributed by atoms with Crippen LogP contribution in [0, 0.1) is 19.9 Å². The highest BCUT2D eigenvalue weighted by Gasteiger charge is 2.03. The largest absolute Gasteiger partial charge is 0.508 e. The Bertz CT molecular complexity index is 486. The molecule has 0 aliphatic rings. The molecule has 0 aliphatic heterocycles. The summed E-state index contributed by atoms with van der Waals surface area (Å²) in [6.45, 7) is 4.18. The second-order valence-corrected chi connectivity index (χ2v) is 3.73. The maximum Gasteiger partial charge on any atom is 0.116 e. The number of phenolic OH excluding ortho intramolecular Hbond substituents is 1. The van der Waals surface area contributed by atoms with Crippen molar-refractivity contribution in [3.05, 3.63) is 53.6 Å². The average Bonchev–Trinajstić information content (AvgIpc) is 2.22. The molecule has 2 aromatic rings. The third-order valence-electron chi connectivity index (χ3n) is 2.69. The summed E-state index contributed by atoms with van der Waals surface area (Å²) in [6, 6.07) is 14.3. The Morgan fingerprint density at radius 2 is 1.93 bits per heavy atom. The van der Waals surface area contributed by atoms with E-state index in [1.165, 1.54) is 11.1 Å². The van der Waals surface area contributed by atoms with E-state index in [0.29, 0.717) is 0 Å². The predicted molar refractivity (Wildman–Crippen MR) is 61.9 cm³/mol. The van der Waals surface area contributed by atoms with Crippen LogP contribution in [-0.2, 0) is 0 Å². The fourth-order valence-electron chi connectivity index (χ4n) is 1.68. The van der Waals surface area contributed by atoms with Crippen LogP contribution in [-0.4, -0.2) is 5.11 Å². The lowest BCUT2D eigenvalue weighted by molar-refractivity contribution is 0.475. The Balaban J connectivity index is 2.59. The van der Waals surface area contributed by atoms with Gasteiger partial charge in [-0.05, 0) is 60.4 Å². The van der Waals surface area contributed by atoms with Crippen LogP contribution in [0.4, 0.5) is 0 Å². The summed E-state index contributed by atoms with van der Waals surface area (Å²) < 4.78 is 0. The van der Waals surface area contributed by atoms with Gasteiger partial charge in [0.2, 0.25) is 0 Å². The van der Waals surface area contributed by atoms with Crippen molar-refractivity contribution in [2.45, 2.75) is 13.8 Å². The number of hydrogen-bond donors (Lipinski definition) is 1. The van der Waals surface area contributed by atoms with Gasteiger partial charge in [0.25, 0.3) is 0 Å². The molecular formula is C14H13O. The molecule has 2 rings (SSSR count). The summed E-state index contributed by atoms with van der Waals surface area (Å²) in [5, 5.41) is 9.40. The Kier molecular flexibility index (Phi) is 2.46. The highest BCUT2D eigenvalue weighted by atomic mass is 16.3. The predicted octanol–water partition coefficient (Wildman–Crippen LogP) is 3.48. The van der Waals surface area contributed by atoms with Gasteiger partial charge >= 0.3 is 0 Å². The molecule has 0 amide bonds. The summed E-state index contributed by atoms with van der Waals surface area (Å²) in [7, 11) is 0. The summed E-state index contributed by atoms with van der Waals surface area (Å²) in [5.41, 5.74) is 4.67. The van der Waals surface area contributed by atoms with E-state index >= 15 is 0 Å². The molecule has 1 N–H and O–H groups in total. The zero-order chi connectivity index (χ0) is 10.8. The van der Waals surface area contributed by atoms with Gasteiger partial charge in [0, 0.05) is 0 Å². The van der Waals surface area contributed by atoms with Crippen molar-refractivity contribution in [2.75, 3.05) is 0 Å². The standard InChI is InChI=1S/C14H13O/c1-10-5-3-8-14(11(10)2)12-6-4-7-13(15)9-12/h3,5-9,15H,1-2H3. The summed E-state index contributed by atoms with van der Waals surface area (Å²) in [5.74, 6) is 0.258. The minimum Gasteiger partial charge on any atom is -0.508 e. The van der Waals surface area contributed by atoms with Crippen molar-refractivity contribution in [1.29, 1.82) is 0 Å². The minimum atomic E-state index is 0.258. The number of hydrogen-bond acceptors (Lipinski definition) is 1. The van der Waals surface area contributed by atoms with Crippen LogP contribution >= 0.6 is 0 Å². The van der Waals surface area contributed by atoms with Gasteiger partial charge in [-0.3, -0.25) is 0 Å². The molecule has 1 nitrogen and oxygen atoms in total. The van der Waals surface area contributed by atoms with Crippen molar-refractivity contribution in [3.8, 4) is 16.9 Å². The second-order valence-electron chi connectivity index (χ2n) is 3.73. The van der Waals surface area contributed by atoms with E-state index in [1.807, 2.05) is 12.1 Å². The molecule has 15 heavy (non-hydrogen) atoms. The zero-order valence-corrected chi connectivity index (χ0v) is 8.91. The van der Waals surface area contributed by atoms with E-state index in [9.17, 15) is 5.11 Å². The number of benzene rings is 2. The molecule has 0 spiro atoms. The van der Waals surface area contributed by atoms with E-state index in [0.717, 1.165) is 11.1 Å². The first-order valence-electron chi connectivity index (χ1n) is 4.95. The zero-order valence-electron chi connectivity index (χ0n) is 8.91. The summed E-state index contributed by atoms with van der Waals surface area (Å²) in [4.78, 5) is 0. The molecule has 0 bridgehead atoms. The van der Waals surface area contributed by atoms with Crippen LogP contribution in [0.25, 0.3) is 11.1 Å². The lowest BCUT2D eigenvalue weighted by atomic mass is 9.97. The third kappa shape index (κ3) is 1.86. The maximum atomic E-state index is 9.40. The Morgan fingerprint density at radius 1 is 1.13 bits per heavy atom. The average molecular weight is 197 g/mol. The van der Waals surface area contributed by atoms with Gasteiger partial charge in [0.15, 0.2) is 0 Å². The van der Waals surface area contributed by atoms with E-state index in [2.05, 4.69) is 32.0 Å². The maximum absolute atomic E-state index is 9.40. The quantitative estimate of drug-likeness (QED) is 0.742. The van der Waals surface area contributed by atoms with Crippen molar-refractivity contribution in [3.63, 3.8) is 0 Å². The molecule has 0 heterocycles. The molecule has 0 fully saturated rings. The molecule has 0 aromatic heterocycles. The first kappa shape index (κ1) is 9.78. The number of phenols is 1. The van der Waals surface area contributed by atoms with Crippen molar-refractivity contribution < 1.29 is 5.11 Å². The van der Waals surface area contributed by atoms with Gasteiger partial charge in [-0.2, -0.15) is 0 Å². The normalized spacial score (nSPS) is 10.3. The summed E-state index contributed by atoms with van der Waals surface area (Å²) >= 11 is 0. The molecule has 0 aliphatic carbocycles. The van der Waals surface area contributed by atoms with E-state index in [-0.39, 0.29) is 5.75 Å². The van der Waals surface area contributed by atoms with Crippen molar-refractivity contribution >= 4 is 0 Å². The number of aromatic hydroxyl groups is 1. The highest BCUT2D eigenvalue weighted by Crippen LogP contribution is 2.27. The third-order valence-corrected chi connectivity index (χ3v) is 2.69. The fourth-order valence-corrected chi connectivity index (χ4v) is 1.68. The Hall–Kier alpha value is -1.76. The topological polar surface area (TPSA) is 20.2 Å². The minimum absolute atomic E-state index is 0.258. The molecular weight excluding hydrogens is 184 g/mol. The van der Waals surface area contributed by atoms with Gasteiger partial charge in [-0.15, -0.1) is 0 Å². The van der Waals surface area contributed by atoms with Gasteiger partial charge in [0.1, 0.15) is 5.75 Å². The SMILES string of the molecule is Cc1cccc(-c2c[c]cc(O)c2)c1C. The monoisotopic (exact) mass is 197 g/mol. The van der Waals surface area contributed by atoms with Gasteiger partial charge in [-0.1, -0.05) is 18.2 Å².